The smallest absolute Gasteiger partial charge is 0.222 e. The lowest BCUT2D eigenvalue weighted by molar-refractivity contribution is 0.418. The van der Waals surface area contributed by atoms with Crippen molar-refractivity contribution >= 4 is 11.8 Å². The summed E-state index contributed by atoms with van der Waals surface area (Å²) in [4.78, 5) is 11.1. The van der Waals surface area contributed by atoms with Gasteiger partial charge in [0.05, 0.1) is 5.69 Å². The van der Waals surface area contributed by atoms with Gasteiger partial charge in [-0.1, -0.05) is 13.8 Å². The Morgan fingerprint density at radius 3 is 2.89 bits per heavy atom. The third-order valence-electron chi connectivity index (χ3n) is 4.35. The second kappa shape index (κ2) is 4.63. The van der Waals surface area contributed by atoms with Crippen molar-refractivity contribution in [1.29, 1.82) is 0 Å². The number of hydrogen-bond acceptors (Lipinski definition) is 5. The molecule has 0 bridgehead atoms. The molecular formula is C14H23N5. The number of hydrogen-bond donors (Lipinski definition) is 2. The Labute approximate surface area is 114 Å². The highest BCUT2D eigenvalue weighted by atomic mass is 15.3. The van der Waals surface area contributed by atoms with E-state index in [0.717, 1.165) is 31.1 Å². The Bertz CT molecular complexity index is 465. The third-order valence-corrected chi connectivity index (χ3v) is 4.35. The zero-order valence-corrected chi connectivity index (χ0v) is 11.8. The molecule has 19 heavy (non-hydrogen) atoms. The Hall–Kier alpha value is -1.36. The fraction of sp³-hybridized carbons (Fsp3) is 0.714. The highest BCUT2D eigenvalue weighted by Gasteiger charge is 2.40. The van der Waals surface area contributed by atoms with Crippen molar-refractivity contribution in [3.8, 4) is 0 Å². The number of nitrogen functional groups attached to an aromatic ring is 1. The number of nitrogens with two attached hydrogens (primary N) is 1. The molecule has 1 aromatic heterocycles. The highest BCUT2D eigenvalue weighted by molar-refractivity contribution is 5.46. The van der Waals surface area contributed by atoms with Gasteiger partial charge in [-0.25, -0.2) is 4.98 Å². The maximum Gasteiger partial charge on any atom is 0.222 e. The summed E-state index contributed by atoms with van der Waals surface area (Å²) >= 11 is 0. The molecule has 5 nitrogen and oxygen atoms in total. The van der Waals surface area contributed by atoms with Gasteiger partial charge in [0, 0.05) is 24.7 Å². The van der Waals surface area contributed by atoms with Gasteiger partial charge in [0.25, 0.3) is 0 Å². The van der Waals surface area contributed by atoms with Crippen molar-refractivity contribution in [2.24, 2.45) is 0 Å². The van der Waals surface area contributed by atoms with Crippen LogP contribution in [0.1, 0.15) is 44.7 Å². The Morgan fingerprint density at radius 1 is 1.37 bits per heavy atom. The largest absolute Gasteiger partial charge is 0.368 e. The molecule has 3 heterocycles. The van der Waals surface area contributed by atoms with Gasteiger partial charge in [-0.05, 0) is 31.7 Å². The van der Waals surface area contributed by atoms with Gasteiger partial charge in [-0.2, -0.15) is 4.98 Å². The molecule has 1 aromatic rings. The van der Waals surface area contributed by atoms with Crippen LogP contribution in [0.3, 0.4) is 0 Å². The SMILES string of the molecule is CC(C)c1cc(N2CCC3(CCCN3)C2)nc(N)n1. The first-order chi connectivity index (χ1) is 9.08. The topological polar surface area (TPSA) is 67.1 Å². The molecule has 2 aliphatic rings. The van der Waals surface area contributed by atoms with Crippen LogP contribution in [0.4, 0.5) is 11.8 Å². The second-order valence-electron chi connectivity index (χ2n) is 6.15. The molecular weight excluding hydrogens is 238 g/mol. The molecule has 0 amide bonds. The Morgan fingerprint density at radius 2 is 2.21 bits per heavy atom. The van der Waals surface area contributed by atoms with Crippen LogP contribution in [0, 0.1) is 0 Å². The summed E-state index contributed by atoms with van der Waals surface area (Å²) in [6.07, 6.45) is 3.77. The van der Waals surface area contributed by atoms with E-state index < -0.39 is 0 Å². The van der Waals surface area contributed by atoms with Gasteiger partial charge < -0.3 is 16.0 Å². The molecule has 1 unspecified atom stereocenters. The minimum atomic E-state index is 0.317. The van der Waals surface area contributed by atoms with Crippen LogP contribution in [0.15, 0.2) is 6.07 Å². The summed E-state index contributed by atoms with van der Waals surface area (Å²) in [7, 11) is 0. The standard InChI is InChI=1S/C14H23N5/c1-10(2)11-8-12(18-13(15)17-11)19-7-5-14(9-19)4-3-6-16-14/h8,10,16H,3-7,9H2,1-2H3,(H2,15,17,18). The van der Waals surface area contributed by atoms with E-state index in [1.54, 1.807) is 0 Å². The highest BCUT2D eigenvalue weighted by Crippen LogP contribution is 2.33. The molecule has 0 aliphatic carbocycles. The molecule has 3 rings (SSSR count). The fourth-order valence-electron chi connectivity index (χ4n) is 3.21. The number of nitrogens with zero attached hydrogens (tertiary/aromatic N) is 3. The van der Waals surface area contributed by atoms with E-state index in [4.69, 9.17) is 5.73 Å². The van der Waals surface area contributed by atoms with Crippen molar-refractivity contribution in [2.45, 2.75) is 44.6 Å². The van der Waals surface area contributed by atoms with E-state index in [9.17, 15) is 0 Å². The van der Waals surface area contributed by atoms with Crippen LogP contribution in [-0.2, 0) is 0 Å². The molecule has 3 N–H and O–H groups in total. The zero-order chi connectivity index (χ0) is 13.5. The fourth-order valence-corrected chi connectivity index (χ4v) is 3.21. The van der Waals surface area contributed by atoms with Crippen LogP contribution < -0.4 is 16.0 Å². The summed E-state index contributed by atoms with van der Waals surface area (Å²) < 4.78 is 0. The maximum absolute atomic E-state index is 5.85. The van der Waals surface area contributed by atoms with E-state index in [-0.39, 0.29) is 0 Å². The summed E-state index contributed by atoms with van der Waals surface area (Å²) in [6.45, 7) is 7.52. The van der Waals surface area contributed by atoms with Crippen LogP contribution in [0.25, 0.3) is 0 Å². The minimum absolute atomic E-state index is 0.317. The molecule has 104 valence electrons. The normalized spacial score (nSPS) is 26.8. The van der Waals surface area contributed by atoms with Crippen molar-refractivity contribution in [3.05, 3.63) is 11.8 Å². The molecule has 2 saturated heterocycles. The lowest BCUT2D eigenvalue weighted by Crippen LogP contribution is -2.42. The summed E-state index contributed by atoms with van der Waals surface area (Å²) in [6, 6.07) is 2.09. The van der Waals surface area contributed by atoms with Gasteiger partial charge in [-0.3, -0.25) is 0 Å². The van der Waals surface area contributed by atoms with Crippen molar-refractivity contribution < 1.29 is 0 Å². The summed E-state index contributed by atoms with van der Waals surface area (Å²) in [5, 5.41) is 3.67. The van der Waals surface area contributed by atoms with Crippen LogP contribution in [0.5, 0.6) is 0 Å². The van der Waals surface area contributed by atoms with E-state index in [0.29, 0.717) is 17.4 Å². The van der Waals surface area contributed by atoms with Gasteiger partial charge >= 0.3 is 0 Å². The molecule has 0 saturated carbocycles. The molecule has 1 spiro atoms. The Balaban J connectivity index is 1.83. The van der Waals surface area contributed by atoms with Crippen molar-refractivity contribution in [3.63, 3.8) is 0 Å². The maximum atomic E-state index is 5.85. The minimum Gasteiger partial charge on any atom is -0.368 e. The first kappa shape index (κ1) is 12.7. The zero-order valence-electron chi connectivity index (χ0n) is 11.8. The van der Waals surface area contributed by atoms with Gasteiger partial charge in [0.2, 0.25) is 5.95 Å². The third kappa shape index (κ3) is 2.39. The number of anilines is 2. The average molecular weight is 261 g/mol. The van der Waals surface area contributed by atoms with Gasteiger partial charge in [0.1, 0.15) is 5.82 Å². The first-order valence-electron chi connectivity index (χ1n) is 7.22. The predicted molar refractivity (Wildman–Crippen MR) is 77.3 cm³/mol. The molecule has 1 atom stereocenters. The Kier molecular flexibility index (Phi) is 3.09. The molecule has 2 aliphatic heterocycles. The predicted octanol–water partition coefficient (Wildman–Crippen LogP) is 1.51. The van der Waals surface area contributed by atoms with E-state index in [1.165, 1.54) is 19.3 Å². The van der Waals surface area contributed by atoms with Crippen LogP contribution >= 0.6 is 0 Å². The van der Waals surface area contributed by atoms with Gasteiger partial charge in [-0.15, -0.1) is 0 Å². The van der Waals surface area contributed by atoms with Crippen LogP contribution in [-0.4, -0.2) is 35.1 Å². The molecule has 0 radical (unpaired) electrons. The van der Waals surface area contributed by atoms with Crippen molar-refractivity contribution in [2.75, 3.05) is 30.3 Å². The van der Waals surface area contributed by atoms with Crippen molar-refractivity contribution in [1.82, 2.24) is 15.3 Å². The number of rotatable bonds is 2. The summed E-state index contributed by atoms with van der Waals surface area (Å²) in [5.41, 5.74) is 7.19. The monoisotopic (exact) mass is 261 g/mol. The lowest BCUT2D eigenvalue weighted by atomic mass is 9.97. The summed E-state index contributed by atoms with van der Waals surface area (Å²) in [5.74, 6) is 1.76. The first-order valence-corrected chi connectivity index (χ1v) is 7.22. The quantitative estimate of drug-likeness (QED) is 0.845. The molecule has 0 aromatic carbocycles. The van der Waals surface area contributed by atoms with Gasteiger partial charge in [0.15, 0.2) is 0 Å². The van der Waals surface area contributed by atoms with Crippen LogP contribution in [0.2, 0.25) is 0 Å². The average Bonchev–Trinajstić information content (AvgIpc) is 3.00. The van der Waals surface area contributed by atoms with E-state index in [2.05, 4.69) is 40.1 Å². The molecule has 5 heteroatoms. The number of aromatic nitrogens is 2. The van der Waals surface area contributed by atoms with E-state index >= 15 is 0 Å². The van der Waals surface area contributed by atoms with E-state index in [1.807, 2.05) is 0 Å². The lowest BCUT2D eigenvalue weighted by Gasteiger charge is -2.25. The number of nitrogens with one attached hydrogen (secondary N) is 1. The second-order valence-corrected chi connectivity index (χ2v) is 6.15. The molecule has 2 fully saturated rings.